The van der Waals surface area contributed by atoms with Crippen LogP contribution in [0.15, 0.2) is 66.7 Å². The van der Waals surface area contributed by atoms with Crippen molar-refractivity contribution in [3.63, 3.8) is 0 Å². The number of amides is 2. The highest BCUT2D eigenvalue weighted by Crippen LogP contribution is 2.30. The highest BCUT2D eigenvalue weighted by Gasteiger charge is 2.26. The van der Waals surface area contributed by atoms with Gasteiger partial charge in [-0.1, -0.05) is 42.0 Å². The van der Waals surface area contributed by atoms with E-state index in [1.165, 1.54) is 0 Å². The van der Waals surface area contributed by atoms with Crippen LogP contribution in [-0.2, 0) is 13.0 Å². The van der Waals surface area contributed by atoms with Gasteiger partial charge in [-0.2, -0.15) is 0 Å². The largest absolute Gasteiger partial charge is 0.493 e. The Hall–Kier alpha value is -3.60. The second-order valence-electron chi connectivity index (χ2n) is 7.65. The van der Waals surface area contributed by atoms with E-state index in [0.717, 1.165) is 28.8 Å². The van der Waals surface area contributed by atoms with Gasteiger partial charge in [0.15, 0.2) is 0 Å². The Labute approximate surface area is 182 Å². The molecule has 0 aliphatic carbocycles. The van der Waals surface area contributed by atoms with Crippen LogP contribution in [0, 0.1) is 6.92 Å². The fourth-order valence-corrected chi connectivity index (χ4v) is 3.81. The van der Waals surface area contributed by atoms with E-state index in [0.29, 0.717) is 36.6 Å². The summed E-state index contributed by atoms with van der Waals surface area (Å²) in [5, 5.41) is 2.96. The Balaban J connectivity index is 1.48. The molecular weight excluding hydrogens is 388 g/mol. The van der Waals surface area contributed by atoms with Crippen LogP contribution in [0.1, 0.15) is 44.3 Å². The first-order valence-electron chi connectivity index (χ1n) is 10.6. The third-order valence-corrected chi connectivity index (χ3v) is 5.47. The lowest BCUT2D eigenvalue weighted by Gasteiger charge is -2.18. The first-order valence-corrected chi connectivity index (χ1v) is 10.6. The summed E-state index contributed by atoms with van der Waals surface area (Å²) >= 11 is 0. The molecule has 1 aliphatic heterocycles. The van der Waals surface area contributed by atoms with Crippen molar-refractivity contribution in [2.24, 2.45) is 0 Å². The van der Waals surface area contributed by atoms with Gasteiger partial charge < -0.3 is 15.0 Å². The minimum absolute atomic E-state index is 0.00516. The normalized spacial score (nSPS) is 12.4. The van der Waals surface area contributed by atoms with E-state index in [1.807, 2.05) is 73.3 Å². The number of rotatable bonds is 6. The van der Waals surface area contributed by atoms with Crippen molar-refractivity contribution in [3.8, 4) is 5.75 Å². The average Bonchev–Trinajstić information content (AvgIpc) is 3.21. The van der Waals surface area contributed by atoms with Gasteiger partial charge in [0.25, 0.3) is 11.8 Å². The van der Waals surface area contributed by atoms with Crippen molar-refractivity contribution in [2.75, 3.05) is 18.1 Å². The molecule has 0 saturated carbocycles. The number of benzene rings is 3. The average molecular weight is 415 g/mol. The molecule has 1 heterocycles. The molecule has 2 amide bonds. The number of nitrogens with zero attached hydrogens (tertiary/aromatic N) is 1. The van der Waals surface area contributed by atoms with Gasteiger partial charge in [-0.25, -0.2) is 0 Å². The van der Waals surface area contributed by atoms with E-state index < -0.39 is 0 Å². The van der Waals surface area contributed by atoms with Gasteiger partial charge in [-0.3, -0.25) is 9.59 Å². The number of carbonyl (C=O) groups excluding carboxylic acids is 2. The molecule has 0 bridgehead atoms. The summed E-state index contributed by atoms with van der Waals surface area (Å²) in [6, 6.07) is 20.9. The summed E-state index contributed by atoms with van der Waals surface area (Å²) in [7, 11) is 0. The monoisotopic (exact) mass is 414 g/mol. The number of hydrogen-bond acceptors (Lipinski definition) is 3. The minimum Gasteiger partial charge on any atom is -0.493 e. The maximum Gasteiger partial charge on any atom is 0.258 e. The topological polar surface area (TPSA) is 58.6 Å². The molecule has 0 fully saturated rings. The zero-order valence-electron chi connectivity index (χ0n) is 17.9. The predicted molar refractivity (Wildman–Crippen MR) is 122 cm³/mol. The lowest BCUT2D eigenvalue weighted by molar-refractivity contribution is 0.0945. The van der Waals surface area contributed by atoms with Gasteiger partial charge in [-0.05, 0) is 61.7 Å². The Kier molecular flexibility index (Phi) is 6.03. The Bertz CT molecular complexity index is 1110. The number of hydrogen-bond donors (Lipinski definition) is 1. The van der Waals surface area contributed by atoms with Crippen molar-refractivity contribution in [3.05, 3.63) is 94.5 Å². The van der Waals surface area contributed by atoms with Crippen LogP contribution in [0.4, 0.5) is 5.69 Å². The Morgan fingerprint density at radius 2 is 1.81 bits per heavy atom. The number of carbonyl (C=O) groups is 2. The van der Waals surface area contributed by atoms with Crippen LogP contribution >= 0.6 is 0 Å². The number of para-hydroxylation sites is 1. The van der Waals surface area contributed by atoms with Crippen LogP contribution in [0.5, 0.6) is 5.75 Å². The SMILES string of the molecule is CCOc1ccccc1C(=O)NCc1ccc2c(c1)N(C(=O)c1ccc(C)cc1)CC2. The van der Waals surface area contributed by atoms with Crippen molar-refractivity contribution in [1.29, 1.82) is 0 Å². The molecule has 3 aromatic carbocycles. The molecule has 0 aromatic heterocycles. The van der Waals surface area contributed by atoms with Crippen molar-refractivity contribution >= 4 is 17.5 Å². The number of ether oxygens (including phenoxy) is 1. The molecule has 1 N–H and O–H groups in total. The molecule has 0 spiro atoms. The summed E-state index contributed by atoms with van der Waals surface area (Å²) < 4.78 is 5.56. The molecule has 1 aliphatic rings. The maximum absolute atomic E-state index is 13.0. The van der Waals surface area contributed by atoms with Crippen molar-refractivity contribution < 1.29 is 14.3 Å². The van der Waals surface area contributed by atoms with Crippen LogP contribution in [0.3, 0.4) is 0 Å². The first-order chi connectivity index (χ1) is 15.1. The molecule has 5 heteroatoms. The van der Waals surface area contributed by atoms with Crippen LogP contribution in [-0.4, -0.2) is 25.0 Å². The molecule has 4 rings (SSSR count). The van der Waals surface area contributed by atoms with E-state index in [4.69, 9.17) is 4.74 Å². The predicted octanol–water partition coefficient (Wildman–Crippen LogP) is 4.53. The van der Waals surface area contributed by atoms with Crippen LogP contribution in [0.2, 0.25) is 0 Å². The van der Waals surface area contributed by atoms with E-state index in [1.54, 1.807) is 12.1 Å². The summed E-state index contributed by atoms with van der Waals surface area (Å²) in [5.41, 5.74) is 5.35. The van der Waals surface area contributed by atoms with E-state index >= 15 is 0 Å². The molecule has 0 atom stereocenters. The van der Waals surface area contributed by atoms with E-state index in [9.17, 15) is 9.59 Å². The van der Waals surface area contributed by atoms with Crippen LogP contribution < -0.4 is 15.0 Å². The quantitative estimate of drug-likeness (QED) is 0.645. The fraction of sp³-hybridized carbons (Fsp3) is 0.231. The summed E-state index contributed by atoms with van der Waals surface area (Å²) in [4.78, 5) is 27.5. The zero-order valence-corrected chi connectivity index (χ0v) is 17.9. The molecule has 0 radical (unpaired) electrons. The highest BCUT2D eigenvalue weighted by molar-refractivity contribution is 6.07. The van der Waals surface area contributed by atoms with Crippen LogP contribution in [0.25, 0.3) is 0 Å². The lowest BCUT2D eigenvalue weighted by Crippen LogP contribution is -2.29. The smallest absolute Gasteiger partial charge is 0.258 e. The first kappa shape index (κ1) is 20.7. The third kappa shape index (κ3) is 4.45. The Morgan fingerprint density at radius 3 is 2.58 bits per heavy atom. The van der Waals surface area contributed by atoms with Crippen molar-refractivity contribution in [2.45, 2.75) is 26.8 Å². The summed E-state index contributed by atoms with van der Waals surface area (Å²) in [5.74, 6) is 0.397. The number of nitrogens with one attached hydrogen (secondary N) is 1. The van der Waals surface area contributed by atoms with Gasteiger partial charge in [0.1, 0.15) is 5.75 Å². The zero-order chi connectivity index (χ0) is 21.8. The Morgan fingerprint density at radius 1 is 1.03 bits per heavy atom. The third-order valence-electron chi connectivity index (χ3n) is 5.47. The molecule has 0 saturated heterocycles. The number of aryl methyl sites for hydroxylation is 1. The fourth-order valence-electron chi connectivity index (χ4n) is 3.81. The summed E-state index contributed by atoms with van der Waals surface area (Å²) in [6.45, 7) is 5.44. The molecular formula is C26H26N2O3. The number of fused-ring (bicyclic) bond motifs is 1. The molecule has 31 heavy (non-hydrogen) atoms. The van der Waals surface area contributed by atoms with Gasteiger partial charge in [0.2, 0.25) is 0 Å². The molecule has 158 valence electrons. The van der Waals surface area contributed by atoms with Gasteiger partial charge in [0.05, 0.1) is 12.2 Å². The maximum atomic E-state index is 13.0. The minimum atomic E-state index is -0.183. The van der Waals surface area contributed by atoms with E-state index in [2.05, 4.69) is 5.32 Å². The van der Waals surface area contributed by atoms with Crippen molar-refractivity contribution in [1.82, 2.24) is 5.32 Å². The summed E-state index contributed by atoms with van der Waals surface area (Å²) in [6.07, 6.45) is 0.835. The highest BCUT2D eigenvalue weighted by atomic mass is 16.5. The van der Waals surface area contributed by atoms with Gasteiger partial charge >= 0.3 is 0 Å². The lowest BCUT2D eigenvalue weighted by atomic mass is 10.1. The molecule has 5 nitrogen and oxygen atoms in total. The van der Waals surface area contributed by atoms with E-state index in [-0.39, 0.29) is 11.8 Å². The molecule has 3 aromatic rings. The second-order valence-corrected chi connectivity index (χ2v) is 7.65. The van der Waals surface area contributed by atoms with Gasteiger partial charge in [0, 0.05) is 24.3 Å². The standard InChI is InChI=1S/C26H26N2O3/c1-3-31-24-7-5-4-6-22(24)25(29)27-17-19-10-13-20-14-15-28(23(20)16-19)26(30)21-11-8-18(2)9-12-21/h4-13,16H,3,14-15,17H2,1-2H3,(H,27,29). The number of anilines is 1. The second kappa shape index (κ2) is 9.04. The van der Waals surface area contributed by atoms with Gasteiger partial charge in [-0.15, -0.1) is 0 Å². The molecule has 0 unspecified atom stereocenters.